The fourth-order valence-corrected chi connectivity index (χ4v) is 0.971. The molecule has 1 rings (SSSR count). The highest BCUT2D eigenvalue weighted by Crippen LogP contribution is 2.06. The molecule has 1 aromatic heterocycles. The molecule has 0 radical (unpaired) electrons. The predicted molar refractivity (Wildman–Crippen MR) is 42.7 cm³/mol. The van der Waals surface area contributed by atoms with E-state index in [1.807, 2.05) is 0 Å². The zero-order valence-electron chi connectivity index (χ0n) is 5.67. The van der Waals surface area contributed by atoms with Crippen LogP contribution in [0.5, 0.6) is 0 Å². The van der Waals surface area contributed by atoms with E-state index in [4.69, 9.17) is 0 Å². The number of aryl methyl sites for hydroxylation is 1. The third-order valence-electron chi connectivity index (χ3n) is 1.20. The lowest BCUT2D eigenvalue weighted by Crippen LogP contribution is -2.03. The largest absolute Gasteiger partial charge is 0.434 e. The van der Waals surface area contributed by atoms with Gasteiger partial charge in [0.2, 0.25) is 0 Å². The van der Waals surface area contributed by atoms with Crippen LogP contribution in [-0.4, -0.2) is 20.2 Å². The van der Waals surface area contributed by atoms with E-state index in [9.17, 15) is 10.1 Å². The van der Waals surface area contributed by atoms with Gasteiger partial charge in [0.25, 0.3) is 0 Å². The van der Waals surface area contributed by atoms with Crippen LogP contribution in [0.1, 0.15) is 0 Å². The van der Waals surface area contributed by atoms with Gasteiger partial charge in [-0.2, -0.15) is 12.6 Å². The van der Waals surface area contributed by atoms with Gasteiger partial charge in [-0.25, -0.2) is 4.57 Å². The average molecular weight is 173 g/mol. The molecule has 0 aromatic carbocycles. The average Bonchev–Trinajstić information content (AvgIpc) is 2.36. The highest BCUT2D eigenvalue weighted by Gasteiger charge is 2.11. The van der Waals surface area contributed by atoms with Gasteiger partial charge < -0.3 is 10.1 Å². The Hall–Kier alpha value is -1.04. The summed E-state index contributed by atoms with van der Waals surface area (Å²) in [6.07, 6.45) is 2.97. The first-order valence-electron chi connectivity index (χ1n) is 3.02. The molecular formula is C5H7N3O2S. The van der Waals surface area contributed by atoms with Crippen molar-refractivity contribution in [3.05, 3.63) is 22.5 Å². The SMILES string of the molecule is O=[N+]([O-])c1nccn1CCS. The molecule has 0 fully saturated rings. The van der Waals surface area contributed by atoms with Crippen LogP contribution in [-0.2, 0) is 6.54 Å². The molecule has 60 valence electrons. The standard InChI is InChI=1S/C5H7N3O2S/c9-8(10)5-6-1-2-7(5)3-4-11/h1-2,11H,3-4H2. The number of thiol groups is 1. The molecule has 6 heteroatoms. The molecule has 0 aliphatic rings. The van der Waals surface area contributed by atoms with Gasteiger partial charge in [-0.3, -0.25) is 0 Å². The Bertz CT molecular complexity index is 260. The van der Waals surface area contributed by atoms with Crippen molar-refractivity contribution in [2.75, 3.05) is 5.75 Å². The zero-order valence-corrected chi connectivity index (χ0v) is 6.57. The molecule has 0 bridgehead atoms. The fourth-order valence-electron chi connectivity index (χ4n) is 0.756. The van der Waals surface area contributed by atoms with Gasteiger partial charge in [-0.15, -0.1) is 0 Å². The van der Waals surface area contributed by atoms with Gasteiger partial charge in [0.05, 0.1) is 6.54 Å². The fraction of sp³-hybridized carbons (Fsp3) is 0.400. The van der Waals surface area contributed by atoms with Crippen molar-refractivity contribution in [2.45, 2.75) is 6.54 Å². The molecule has 1 aromatic rings. The summed E-state index contributed by atoms with van der Waals surface area (Å²) in [4.78, 5) is 13.3. The Kier molecular flexibility index (Phi) is 2.48. The van der Waals surface area contributed by atoms with E-state index >= 15 is 0 Å². The Balaban J connectivity index is 2.87. The normalized spacial score (nSPS) is 9.91. The van der Waals surface area contributed by atoms with Crippen molar-refractivity contribution in [3.63, 3.8) is 0 Å². The first-order valence-corrected chi connectivity index (χ1v) is 3.65. The molecule has 0 spiro atoms. The van der Waals surface area contributed by atoms with E-state index < -0.39 is 4.92 Å². The number of nitro groups is 1. The summed E-state index contributed by atoms with van der Waals surface area (Å²) in [7, 11) is 0. The monoisotopic (exact) mass is 173 g/mol. The number of imidazole rings is 1. The second-order valence-corrected chi connectivity index (χ2v) is 2.35. The van der Waals surface area contributed by atoms with Crippen molar-refractivity contribution in [1.29, 1.82) is 0 Å². The van der Waals surface area contributed by atoms with Crippen LogP contribution < -0.4 is 0 Å². The van der Waals surface area contributed by atoms with E-state index in [0.29, 0.717) is 12.3 Å². The molecule has 0 amide bonds. The Morgan fingerprint density at radius 1 is 1.82 bits per heavy atom. The van der Waals surface area contributed by atoms with E-state index in [2.05, 4.69) is 17.6 Å². The number of hydrogen-bond donors (Lipinski definition) is 1. The summed E-state index contributed by atoms with van der Waals surface area (Å²) in [6, 6.07) is 0. The van der Waals surface area contributed by atoms with Crippen LogP contribution in [0, 0.1) is 10.1 Å². The minimum atomic E-state index is -0.510. The van der Waals surface area contributed by atoms with Gasteiger partial charge in [0, 0.05) is 5.75 Å². The van der Waals surface area contributed by atoms with Crippen molar-refractivity contribution in [1.82, 2.24) is 9.55 Å². The minimum Gasteiger partial charge on any atom is -0.390 e. The van der Waals surface area contributed by atoms with E-state index in [1.165, 1.54) is 10.8 Å². The van der Waals surface area contributed by atoms with Crippen molar-refractivity contribution < 1.29 is 4.92 Å². The number of aromatic nitrogens is 2. The topological polar surface area (TPSA) is 61.0 Å². The molecule has 5 nitrogen and oxygen atoms in total. The maximum atomic E-state index is 10.3. The molecule has 0 N–H and O–H groups in total. The smallest absolute Gasteiger partial charge is 0.390 e. The summed E-state index contributed by atoms with van der Waals surface area (Å²) < 4.78 is 1.45. The molecule has 0 saturated carbocycles. The second kappa shape index (κ2) is 3.38. The molecule has 0 aliphatic carbocycles. The Morgan fingerprint density at radius 3 is 3.09 bits per heavy atom. The number of nitrogens with zero attached hydrogens (tertiary/aromatic N) is 3. The molecule has 1 heterocycles. The molecule has 0 unspecified atom stereocenters. The lowest BCUT2D eigenvalue weighted by atomic mass is 10.7. The Morgan fingerprint density at radius 2 is 2.55 bits per heavy atom. The highest BCUT2D eigenvalue weighted by atomic mass is 32.1. The van der Waals surface area contributed by atoms with E-state index in [-0.39, 0.29) is 5.95 Å². The summed E-state index contributed by atoms with van der Waals surface area (Å²) in [5.41, 5.74) is 0. The second-order valence-electron chi connectivity index (χ2n) is 1.90. The summed E-state index contributed by atoms with van der Waals surface area (Å²) in [5, 5.41) is 10.3. The minimum absolute atomic E-state index is 0.126. The van der Waals surface area contributed by atoms with E-state index in [1.54, 1.807) is 6.20 Å². The highest BCUT2D eigenvalue weighted by molar-refractivity contribution is 7.80. The Labute approximate surface area is 68.6 Å². The molecule has 0 aliphatic heterocycles. The molecular weight excluding hydrogens is 166 g/mol. The van der Waals surface area contributed by atoms with Gasteiger partial charge >= 0.3 is 5.95 Å². The summed E-state index contributed by atoms with van der Waals surface area (Å²) in [5.74, 6) is 0.441. The van der Waals surface area contributed by atoms with Crippen LogP contribution in [0.2, 0.25) is 0 Å². The van der Waals surface area contributed by atoms with Crippen molar-refractivity contribution in [2.24, 2.45) is 0 Å². The first-order chi connectivity index (χ1) is 5.25. The third-order valence-corrected chi connectivity index (χ3v) is 1.40. The molecule has 11 heavy (non-hydrogen) atoms. The molecule has 0 saturated heterocycles. The lowest BCUT2D eigenvalue weighted by Gasteiger charge is -1.96. The first kappa shape index (κ1) is 8.06. The molecule has 0 atom stereocenters. The number of rotatable bonds is 3. The van der Waals surface area contributed by atoms with Gasteiger partial charge in [-0.05, 0) is 4.92 Å². The van der Waals surface area contributed by atoms with Crippen LogP contribution in [0.25, 0.3) is 0 Å². The maximum absolute atomic E-state index is 10.3. The quantitative estimate of drug-likeness (QED) is 0.416. The van der Waals surface area contributed by atoms with Gasteiger partial charge in [0.1, 0.15) is 12.4 Å². The van der Waals surface area contributed by atoms with Crippen LogP contribution in [0.4, 0.5) is 5.95 Å². The van der Waals surface area contributed by atoms with Crippen LogP contribution >= 0.6 is 12.6 Å². The van der Waals surface area contributed by atoms with Crippen LogP contribution in [0.15, 0.2) is 12.4 Å². The van der Waals surface area contributed by atoms with Gasteiger partial charge in [0.15, 0.2) is 0 Å². The van der Waals surface area contributed by atoms with Crippen molar-refractivity contribution >= 4 is 18.6 Å². The zero-order chi connectivity index (χ0) is 8.27. The summed E-state index contributed by atoms with van der Waals surface area (Å²) in [6.45, 7) is 0.513. The maximum Gasteiger partial charge on any atom is 0.434 e. The van der Waals surface area contributed by atoms with Crippen molar-refractivity contribution in [3.8, 4) is 0 Å². The summed E-state index contributed by atoms with van der Waals surface area (Å²) >= 11 is 3.95. The predicted octanol–water partition coefficient (Wildman–Crippen LogP) is 0.721. The number of hydrogen-bond acceptors (Lipinski definition) is 4. The van der Waals surface area contributed by atoms with Crippen LogP contribution in [0.3, 0.4) is 0 Å². The van der Waals surface area contributed by atoms with Gasteiger partial charge in [-0.1, -0.05) is 4.98 Å². The van der Waals surface area contributed by atoms with E-state index in [0.717, 1.165) is 0 Å². The lowest BCUT2D eigenvalue weighted by molar-refractivity contribution is -0.396. The third kappa shape index (κ3) is 1.70.